The van der Waals surface area contributed by atoms with Gasteiger partial charge in [-0.1, -0.05) is 65.4 Å². The molecule has 141 valence electrons. The summed E-state index contributed by atoms with van der Waals surface area (Å²) in [4.78, 5) is 2.43. The first-order valence-corrected chi connectivity index (χ1v) is 7.94. The summed E-state index contributed by atoms with van der Waals surface area (Å²) < 4.78 is 5.21. The predicted octanol–water partition coefficient (Wildman–Crippen LogP) is 6.75. The second-order valence-electron chi connectivity index (χ2n) is 5.57. The molecule has 1 aromatic carbocycles. The molecule has 0 atom stereocenters. The van der Waals surface area contributed by atoms with Gasteiger partial charge < -0.3 is 4.74 Å². The number of halogens is 2. The number of morpholine rings is 1. The second kappa shape index (κ2) is 17.2. The molecular weight excluding hydrogens is 418 g/mol. The van der Waals surface area contributed by atoms with Crippen molar-refractivity contribution in [2.75, 3.05) is 26.3 Å². The third-order valence-electron chi connectivity index (χ3n) is 3.39. The fourth-order valence-electron chi connectivity index (χ4n) is 1.97. The smallest absolute Gasteiger partial charge is 0.0595 e. The Morgan fingerprint density at radius 3 is 1.75 bits per heavy atom. The topological polar surface area (TPSA) is 12.5 Å². The van der Waals surface area contributed by atoms with Crippen molar-refractivity contribution in [1.29, 1.82) is 0 Å². The number of ether oxygens (including phenoxy) is 1. The van der Waals surface area contributed by atoms with Crippen molar-refractivity contribution >= 4 is 23.2 Å². The van der Waals surface area contributed by atoms with Gasteiger partial charge in [-0.25, -0.2) is 0 Å². The Balaban J connectivity index is -0.000000145. The molecule has 0 N–H and O–H groups in total. The van der Waals surface area contributed by atoms with Crippen molar-refractivity contribution in [2.45, 2.75) is 61.9 Å². The van der Waals surface area contributed by atoms with E-state index in [4.69, 9.17) is 27.9 Å². The molecule has 0 bridgehead atoms. The van der Waals surface area contributed by atoms with E-state index >= 15 is 0 Å². The average molecular weight is 455 g/mol. The maximum absolute atomic E-state index is 5.83. The van der Waals surface area contributed by atoms with E-state index in [2.05, 4.69) is 32.6 Å². The zero-order chi connectivity index (χ0) is 15.1. The maximum atomic E-state index is 5.83. The van der Waals surface area contributed by atoms with Gasteiger partial charge in [0.1, 0.15) is 0 Å². The summed E-state index contributed by atoms with van der Waals surface area (Å²) in [6, 6.07) is 6.43. The van der Waals surface area contributed by atoms with E-state index in [1.165, 1.54) is 5.56 Å². The van der Waals surface area contributed by atoms with E-state index in [9.17, 15) is 0 Å². The van der Waals surface area contributed by atoms with Gasteiger partial charge in [0.05, 0.1) is 23.3 Å². The zero-order valence-electron chi connectivity index (χ0n) is 13.4. The first-order valence-electron chi connectivity index (χ1n) is 7.18. The van der Waals surface area contributed by atoms with Gasteiger partial charge in [-0.3, -0.25) is 4.90 Å². The van der Waals surface area contributed by atoms with Crippen LogP contribution in [0.1, 0.15) is 61.5 Å². The van der Waals surface area contributed by atoms with Gasteiger partial charge >= 0.3 is 0 Å². The van der Waals surface area contributed by atoms with Gasteiger partial charge in [0.25, 0.3) is 0 Å². The number of nitrogens with zero attached hydrogens (tertiary/aromatic N) is 1. The monoisotopic (exact) mass is 454 g/mol. The molecule has 0 aromatic heterocycles. The van der Waals surface area contributed by atoms with Crippen LogP contribution in [0.3, 0.4) is 0 Å². The van der Waals surface area contributed by atoms with E-state index in [1.54, 1.807) is 0 Å². The normalized spacial score (nSPS) is 13.5. The molecule has 0 saturated carbocycles. The molecule has 2 nitrogen and oxygen atoms in total. The Kier molecular flexibility index (Phi) is 23.4. The second-order valence-corrected chi connectivity index (χ2v) is 6.38. The molecule has 2 rings (SSSR count). The Hall–Kier alpha value is 0.824. The maximum Gasteiger partial charge on any atom is 0.0595 e. The Labute approximate surface area is 186 Å². The van der Waals surface area contributed by atoms with Crippen LogP contribution >= 0.6 is 23.2 Å². The molecule has 0 aliphatic carbocycles. The molecule has 1 aliphatic rings. The molecule has 1 fully saturated rings. The van der Waals surface area contributed by atoms with Crippen molar-refractivity contribution in [2.24, 2.45) is 0 Å². The minimum Gasteiger partial charge on any atom is -0.379 e. The molecule has 0 spiro atoms. The van der Waals surface area contributed by atoms with E-state index in [1.807, 2.05) is 18.2 Å². The number of rotatable bonds is 2. The third kappa shape index (κ3) is 12.2. The molecule has 0 amide bonds. The van der Waals surface area contributed by atoms with Crippen LogP contribution < -0.4 is 0 Å². The summed E-state index contributed by atoms with van der Waals surface area (Å²) in [5, 5.41) is 1.26. The summed E-state index contributed by atoms with van der Waals surface area (Å²) in [5.74, 6) is 0.504. The molecule has 0 unspecified atom stereocenters. The van der Waals surface area contributed by atoms with Gasteiger partial charge in [-0.2, -0.15) is 0 Å². The first-order chi connectivity index (χ1) is 9.41. The predicted molar refractivity (Wildman–Crippen MR) is 108 cm³/mol. The summed E-state index contributed by atoms with van der Waals surface area (Å²) in [7, 11) is 0. The van der Waals surface area contributed by atoms with Crippen molar-refractivity contribution in [1.82, 2.24) is 4.90 Å². The molecular formula is C19H37Cl2NOY. The SMILES string of the molecule is C.C.C.CC(C)N1CCOCC1.CC(C)c1ccc(Cl)c(Cl)c1.[Y]. The van der Waals surface area contributed by atoms with Crippen LogP contribution in [0.25, 0.3) is 0 Å². The van der Waals surface area contributed by atoms with Crippen molar-refractivity contribution in [3.63, 3.8) is 0 Å². The fraction of sp³-hybridized carbons (Fsp3) is 0.684. The van der Waals surface area contributed by atoms with Crippen LogP contribution in [-0.2, 0) is 37.4 Å². The molecule has 1 aliphatic heterocycles. The molecule has 1 heterocycles. The third-order valence-corrected chi connectivity index (χ3v) is 4.13. The number of hydrogen-bond donors (Lipinski definition) is 0. The van der Waals surface area contributed by atoms with E-state index in [0.29, 0.717) is 22.0 Å². The molecule has 5 heteroatoms. The van der Waals surface area contributed by atoms with Crippen molar-refractivity contribution in [3.8, 4) is 0 Å². The van der Waals surface area contributed by atoms with Crippen LogP contribution in [0.5, 0.6) is 0 Å². The summed E-state index contributed by atoms with van der Waals surface area (Å²) in [6.45, 7) is 12.8. The van der Waals surface area contributed by atoms with Crippen LogP contribution in [0, 0.1) is 0 Å². The van der Waals surface area contributed by atoms with E-state index in [0.717, 1.165) is 26.3 Å². The summed E-state index contributed by atoms with van der Waals surface area (Å²) in [6.07, 6.45) is 0. The van der Waals surface area contributed by atoms with Gasteiger partial charge in [-0.15, -0.1) is 0 Å². The van der Waals surface area contributed by atoms with Crippen molar-refractivity contribution < 1.29 is 37.4 Å². The number of hydrogen-bond acceptors (Lipinski definition) is 2. The van der Waals surface area contributed by atoms with Gasteiger partial charge in [0, 0.05) is 51.8 Å². The van der Waals surface area contributed by atoms with Crippen LogP contribution in [-0.4, -0.2) is 37.2 Å². The van der Waals surface area contributed by atoms with Crippen LogP contribution in [0.4, 0.5) is 0 Å². The molecule has 1 radical (unpaired) electrons. The van der Waals surface area contributed by atoms with Gasteiger partial charge in [0.2, 0.25) is 0 Å². The fourth-order valence-corrected chi connectivity index (χ4v) is 2.27. The largest absolute Gasteiger partial charge is 0.379 e. The number of benzene rings is 1. The molecule has 1 aromatic rings. The van der Waals surface area contributed by atoms with E-state index < -0.39 is 0 Å². The van der Waals surface area contributed by atoms with Gasteiger partial charge in [-0.05, 0) is 37.5 Å². The van der Waals surface area contributed by atoms with Crippen LogP contribution in [0.15, 0.2) is 18.2 Å². The summed E-state index contributed by atoms with van der Waals surface area (Å²) >= 11 is 11.6. The average Bonchev–Trinajstić information content (AvgIpc) is 2.43. The van der Waals surface area contributed by atoms with Crippen molar-refractivity contribution in [3.05, 3.63) is 33.8 Å². The minimum absolute atomic E-state index is 0. The minimum atomic E-state index is 0. The Bertz CT molecular complexity index is 408. The summed E-state index contributed by atoms with van der Waals surface area (Å²) in [5.41, 5.74) is 1.22. The first kappa shape index (κ1) is 32.5. The zero-order valence-corrected chi connectivity index (χ0v) is 17.8. The quantitative estimate of drug-likeness (QED) is 0.489. The van der Waals surface area contributed by atoms with Gasteiger partial charge in [0.15, 0.2) is 0 Å². The van der Waals surface area contributed by atoms with E-state index in [-0.39, 0.29) is 55.0 Å². The van der Waals surface area contributed by atoms with Crippen LogP contribution in [0.2, 0.25) is 10.0 Å². The Morgan fingerprint density at radius 1 is 0.917 bits per heavy atom. The standard InChI is InChI=1S/C9H10Cl2.C7H15NO.3CH4.Y/c1-6(2)7-3-4-8(10)9(11)5-7;1-7(2)8-3-5-9-6-4-8;;;;/h3-6H,1-2H3;7H,3-6H2,1-2H3;3*1H4;. The molecule has 1 saturated heterocycles. The Morgan fingerprint density at radius 2 is 1.42 bits per heavy atom. The molecule has 24 heavy (non-hydrogen) atoms.